The average Bonchev–Trinajstić information content (AvgIpc) is 2.44. The zero-order chi connectivity index (χ0) is 15.3. The van der Waals surface area contributed by atoms with Gasteiger partial charge in [-0.2, -0.15) is 9.57 Å². The summed E-state index contributed by atoms with van der Waals surface area (Å²) in [5.41, 5.74) is 0.285. The van der Waals surface area contributed by atoms with E-state index in [1.807, 2.05) is 19.9 Å². The van der Waals surface area contributed by atoms with Gasteiger partial charge in [0.05, 0.1) is 16.7 Å². The van der Waals surface area contributed by atoms with Crippen molar-refractivity contribution in [1.29, 1.82) is 5.26 Å². The van der Waals surface area contributed by atoms with Crippen LogP contribution in [0.2, 0.25) is 5.02 Å². The molecule has 0 aliphatic rings. The fraction of sp³-hybridized carbons (Fsp3) is 0.500. The van der Waals surface area contributed by atoms with Crippen molar-refractivity contribution in [3.63, 3.8) is 0 Å². The van der Waals surface area contributed by atoms with Gasteiger partial charge in [-0.15, -0.1) is 0 Å². The molecule has 0 N–H and O–H groups in total. The van der Waals surface area contributed by atoms with E-state index in [4.69, 9.17) is 16.9 Å². The second-order valence-corrected chi connectivity index (χ2v) is 7.04. The van der Waals surface area contributed by atoms with Gasteiger partial charge in [-0.3, -0.25) is 0 Å². The highest BCUT2D eigenvalue weighted by Gasteiger charge is 2.26. The molecule has 20 heavy (non-hydrogen) atoms. The van der Waals surface area contributed by atoms with Crippen LogP contribution in [0.3, 0.4) is 0 Å². The van der Waals surface area contributed by atoms with E-state index in [0.29, 0.717) is 13.1 Å². The van der Waals surface area contributed by atoms with Crippen LogP contribution in [0.15, 0.2) is 23.1 Å². The number of halogens is 1. The maximum Gasteiger partial charge on any atom is 0.244 e. The first-order valence-corrected chi connectivity index (χ1v) is 8.38. The Labute approximate surface area is 126 Å². The Morgan fingerprint density at radius 3 is 2.55 bits per heavy atom. The minimum Gasteiger partial charge on any atom is -0.207 e. The Balaban J connectivity index is 3.24. The molecule has 0 radical (unpaired) electrons. The monoisotopic (exact) mass is 314 g/mol. The maximum absolute atomic E-state index is 12.6. The van der Waals surface area contributed by atoms with Gasteiger partial charge < -0.3 is 0 Å². The van der Waals surface area contributed by atoms with Gasteiger partial charge in [0.25, 0.3) is 0 Å². The van der Waals surface area contributed by atoms with E-state index in [1.165, 1.54) is 22.5 Å². The van der Waals surface area contributed by atoms with E-state index >= 15 is 0 Å². The highest BCUT2D eigenvalue weighted by Crippen LogP contribution is 2.26. The van der Waals surface area contributed by atoms with Gasteiger partial charge in [0.15, 0.2) is 0 Å². The smallest absolute Gasteiger partial charge is 0.207 e. The third-order valence-electron chi connectivity index (χ3n) is 3.24. The van der Waals surface area contributed by atoms with E-state index in [9.17, 15) is 8.42 Å². The molecule has 1 rings (SSSR count). The quantitative estimate of drug-likeness (QED) is 0.809. The first-order valence-electron chi connectivity index (χ1n) is 6.56. The summed E-state index contributed by atoms with van der Waals surface area (Å²) < 4.78 is 26.7. The minimum atomic E-state index is -3.67. The van der Waals surface area contributed by atoms with E-state index < -0.39 is 10.0 Å². The fourth-order valence-corrected chi connectivity index (χ4v) is 3.85. The van der Waals surface area contributed by atoms with E-state index in [-0.39, 0.29) is 21.4 Å². The molecule has 0 saturated carbocycles. The number of hydrogen-bond acceptors (Lipinski definition) is 3. The van der Waals surface area contributed by atoms with E-state index in [2.05, 4.69) is 0 Å². The second-order valence-electron chi connectivity index (χ2n) is 4.73. The molecule has 6 heteroatoms. The van der Waals surface area contributed by atoms with Crippen LogP contribution in [0.25, 0.3) is 0 Å². The lowest BCUT2D eigenvalue weighted by Crippen LogP contribution is -2.34. The Morgan fingerprint density at radius 1 is 1.40 bits per heavy atom. The van der Waals surface area contributed by atoms with Crippen LogP contribution < -0.4 is 0 Å². The highest BCUT2D eigenvalue weighted by atomic mass is 35.5. The van der Waals surface area contributed by atoms with Crippen molar-refractivity contribution in [3.8, 4) is 6.07 Å². The summed E-state index contributed by atoms with van der Waals surface area (Å²) in [5.74, 6) is 0.266. The van der Waals surface area contributed by atoms with Gasteiger partial charge in [-0.1, -0.05) is 38.8 Å². The van der Waals surface area contributed by atoms with Crippen molar-refractivity contribution >= 4 is 21.6 Å². The zero-order valence-electron chi connectivity index (χ0n) is 11.9. The number of rotatable bonds is 6. The molecule has 0 heterocycles. The third-order valence-corrected chi connectivity index (χ3v) is 5.67. The number of nitrogens with zero attached hydrogens (tertiary/aromatic N) is 2. The molecule has 0 bridgehead atoms. The van der Waals surface area contributed by atoms with Crippen molar-refractivity contribution in [2.75, 3.05) is 13.1 Å². The lowest BCUT2D eigenvalue weighted by molar-refractivity contribution is 0.361. The lowest BCUT2D eigenvalue weighted by atomic mass is 10.1. The fourth-order valence-electron chi connectivity index (χ4n) is 1.78. The molecule has 1 aromatic carbocycles. The Bertz CT molecular complexity index is 608. The molecule has 0 saturated heterocycles. The molecule has 110 valence electrons. The van der Waals surface area contributed by atoms with E-state index in [1.54, 1.807) is 6.92 Å². The molecular weight excluding hydrogens is 296 g/mol. The molecule has 1 unspecified atom stereocenters. The topological polar surface area (TPSA) is 61.2 Å². The summed E-state index contributed by atoms with van der Waals surface area (Å²) in [6.45, 7) is 6.64. The molecule has 0 aromatic heterocycles. The minimum absolute atomic E-state index is 0.00312. The first kappa shape index (κ1) is 17.0. The van der Waals surface area contributed by atoms with Gasteiger partial charge >= 0.3 is 0 Å². The van der Waals surface area contributed by atoms with Gasteiger partial charge in [0, 0.05) is 13.1 Å². The van der Waals surface area contributed by atoms with Crippen LogP contribution in [0.5, 0.6) is 0 Å². The number of nitriles is 1. The summed E-state index contributed by atoms with van der Waals surface area (Å²) in [4.78, 5) is 0.00312. The van der Waals surface area contributed by atoms with Crippen molar-refractivity contribution in [3.05, 3.63) is 28.8 Å². The van der Waals surface area contributed by atoms with Gasteiger partial charge in [0.2, 0.25) is 10.0 Å². The molecule has 0 spiro atoms. The number of hydrogen-bond donors (Lipinski definition) is 0. The predicted molar refractivity (Wildman–Crippen MR) is 80.1 cm³/mol. The van der Waals surface area contributed by atoms with Crippen LogP contribution in [-0.2, 0) is 10.0 Å². The summed E-state index contributed by atoms with van der Waals surface area (Å²) >= 11 is 5.99. The normalized spacial score (nSPS) is 13.2. The number of sulfonamides is 1. The van der Waals surface area contributed by atoms with E-state index in [0.717, 1.165) is 6.42 Å². The summed E-state index contributed by atoms with van der Waals surface area (Å²) in [6.07, 6.45) is 0.901. The lowest BCUT2D eigenvalue weighted by Gasteiger charge is -2.24. The van der Waals surface area contributed by atoms with Crippen molar-refractivity contribution in [2.45, 2.75) is 32.1 Å². The van der Waals surface area contributed by atoms with Crippen LogP contribution in [-0.4, -0.2) is 25.8 Å². The summed E-state index contributed by atoms with van der Waals surface area (Å²) in [5, 5.41) is 9.04. The molecular formula is C14H19ClN2O2S. The van der Waals surface area contributed by atoms with Crippen LogP contribution in [0.1, 0.15) is 32.8 Å². The van der Waals surface area contributed by atoms with Crippen molar-refractivity contribution in [1.82, 2.24) is 4.31 Å². The third kappa shape index (κ3) is 3.72. The molecule has 4 nitrogen and oxygen atoms in total. The Kier molecular flexibility index (Phi) is 6.00. The van der Waals surface area contributed by atoms with Crippen LogP contribution in [0.4, 0.5) is 0 Å². The Morgan fingerprint density at radius 2 is 2.05 bits per heavy atom. The van der Waals surface area contributed by atoms with Gasteiger partial charge in [-0.25, -0.2) is 8.42 Å². The molecule has 0 aliphatic heterocycles. The number of benzene rings is 1. The van der Waals surface area contributed by atoms with Gasteiger partial charge in [-0.05, 0) is 24.1 Å². The van der Waals surface area contributed by atoms with Gasteiger partial charge in [0.1, 0.15) is 4.90 Å². The molecule has 1 atom stereocenters. The molecule has 0 aliphatic carbocycles. The maximum atomic E-state index is 12.6. The molecule has 0 fully saturated rings. The van der Waals surface area contributed by atoms with Crippen LogP contribution >= 0.6 is 11.6 Å². The van der Waals surface area contributed by atoms with Crippen molar-refractivity contribution < 1.29 is 8.42 Å². The standard InChI is InChI=1S/C14H19ClN2O2S/c1-4-11(3)10-17(5-2)20(18,19)14-8-12(9-16)6-7-13(14)15/h6-8,11H,4-5,10H2,1-3H3. The second kappa shape index (κ2) is 7.07. The van der Waals surface area contributed by atoms with Crippen molar-refractivity contribution in [2.24, 2.45) is 5.92 Å². The first-order chi connectivity index (χ1) is 9.36. The average molecular weight is 315 g/mol. The predicted octanol–water partition coefficient (Wildman–Crippen LogP) is 3.27. The Hall–Kier alpha value is -1.09. The summed E-state index contributed by atoms with van der Waals surface area (Å²) in [7, 11) is -3.67. The zero-order valence-corrected chi connectivity index (χ0v) is 13.5. The van der Waals surface area contributed by atoms with Crippen LogP contribution in [0, 0.1) is 17.2 Å². The largest absolute Gasteiger partial charge is 0.244 e. The molecule has 1 aromatic rings. The SMILES string of the molecule is CCC(C)CN(CC)S(=O)(=O)c1cc(C#N)ccc1Cl. The summed E-state index contributed by atoms with van der Waals surface area (Å²) in [6, 6.07) is 6.22. The highest BCUT2D eigenvalue weighted by molar-refractivity contribution is 7.89. The molecule has 0 amide bonds.